The lowest BCUT2D eigenvalue weighted by atomic mass is 9.72. The molecule has 0 aromatic carbocycles. The zero-order chi connectivity index (χ0) is 13.1. The summed E-state index contributed by atoms with van der Waals surface area (Å²) in [6.45, 7) is 13.4. The van der Waals surface area contributed by atoms with Crippen LogP contribution < -0.4 is 5.32 Å². The van der Waals surface area contributed by atoms with Crippen molar-refractivity contribution in [2.24, 2.45) is 5.41 Å². The second kappa shape index (κ2) is 9.90. The average molecular weight is 242 g/mol. The molecule has 0 aromatic rings. The van der Waals surface area contributed by atoms with Crippen molar-refractivity contribution in [1.29, 1.82) is 0 Å². The third-order valence-corrected chi connectivity index (χ3v) is 3.71. The Labute approximate surface area is 109 Å². The smallest absolute Gasteiger partial charge is 0.00165 e. The number of nitrogens with one attached hydrogen (secondary N) is 1. The van der Waals surface area contributed by atoms with E-state index in [2.05, 4.69) is 31.1 Å². The maximum Gasteiger partial charge on any atom is -0.00165 e. The Morgan fingerprint density at radius 1 is 0.941 bits per heavy atom. The average Bonchev–Trinajstić information content (AvgIpc) is 2.38. The minimum Gasteiger partial charge on any atom is -0.317 e. The molecule has 1 spiro atoms. The lowest BCUT2D eigenvalue weighted by Crippen LogP contribution is -2.44. The third-order valence-electron chi connectivity index (χ3n) is 3.71. The summed E-state index contributed by atoms with van der Waals surface area (Å²) < 4.78 is 0. The van der Waals surface area contributed by atoms with Gasteiger partial charge in [0.25, 0.3) is 0 Å². The summed E-state index contributed by atoms with van der Waals surface area (Å²) in [7, 11) is 2.24. The minimum atomic E-state index is 0.734. The van der Waals surface area contributed by atoms with Crippen molar-refractivity contribution in [3.8, 4) is 0 Å². The molecule has 0 radical (unpaired) electrons. The minimum absolute atomic E-state index is 0.734. The van der Waals surface area contributed by atoms with E-state index in [0.29, 0.717) is 0 Å². The van der Waals surface area contributed by atoms with Gasteiger partial charge in [-0.15, -0.1) is 0 Å². The Bertz CT molecular complexity index is 152. The molecular weight excluding hydrogens is 208 g/mol. The first kappa shape index (κ1) is 16.9. The van der Waals surface area contributed by atoms with Crippen molar-refractivity contribution in [2.45, 2.75) is 59.8 Å². The van der Waals surface area contributed by atoms with E-state index in [4.69, 9.17) is 0 Å². The van der Waals surface area contributed by atoms with Crippen LogP contribution in [0.5, 0.6) is 0 Å². The molecule has 0 amide bonds. The van der Waals surface area contributed by atoms with Crippen molar-refractivity contribution in [3.05, 3.63) is 0 Å². The van der Waals surface area contributed by atoms with Crippen LogP contribution in [0.4, 0.5) is 0 Å². The molecule has 104 valence electrons. The molecule has 17 heavy (non-hydrogen) atoms. The molecule has 2 aliphatic heterocycles. The molecule has 2 nitrogen and oxygen atoms in total. The molecule has 0 saturated carbocycles. The van der Waals surface area contributed by atoms with E-state index < -0.39 is 0 Å². The molecular formula is C15H34N2. The van der Waals surface area contributed by atoms with Gasteiger partial charge in [-0.2, -0.15) is 0 Å². The van der Waals surface area contributed by atoms with Crippen LogP contribution in [0.25, 0.3) is 0 Å². The highest BCUT2D eigenvalue weighted by atomic mass is 15.1. The molecule has 2 heterocycles. The lowest BCUT2D eigenvalue weighted by Gasteiger charge is -2.43. The molecule has 0 unspecified atom stereocenters. The Morgan fingerprint density at radius 2 is 1.35 bits per heavy atom. The quantitative estimate of drug-likeness (QED) is 0.699. The summed E-state index contributed by atoms with van der Waals surface area (Å²) in [6, 6.07) is 0. The van der Waals surface area contributed by atoms with Crippen LogP contribution >= 0.6 is 0 Å². The van der Waals surface area contributed by atoms with Gasteiger partial charge in [-0.3, -0.25) is 0 Å². The normalized spacial score (nSPS) is 23.1. The van der Waals surface area contributed by atoms with Crippen LogP contribution in [-0.4, -0.2) is 38.1 Å². The van der Waals surface area contributed by atoms with Crippen LogP contribution in [0.1, 0.15) is 59.8 Å². The van der Waals surface area contributed by atoms with Crippen molar-refractivity contribution in [3.63, 3.8) is 0 Å². The third kappa shape index (κ3) is 6.42. The summed E-state index contributed by atoms with van der Waals surface area (Å²) in [5.74, 6) is 0. The van der Waals surface area contributed by atoms with Gasteiger partial charge in [0.1, 0.15) is 0 Å². The standard InChI is InChI=1S/C10H20N2.C3H8.C2H6/c1-12-8-4-10(5-9-12)2-6-11-7-3-10;1-3-2;1-2/h11H,2-9H2,1H3;3H2,1-2H3;1-2H3. The van der Waals surface area contributed by atoms with Gasteiger partial charge in [0.2, 0.25) is 0 Å². The number of nitrogens with zero attached hydrogens (tertiary/aromatic N) is 1. The van der Waals surface area contributed by atoms with Gasteiger partial charge >= 0.3 is 0 Å². The summed E-state index contributed by atoms with van der Waals surface area (Å²) >= 11 is 0. The first-order valence-corrected chi connectivity index (χ1v) is 7.62. The van der Waals surface area contributed by atoms with E-state index in [9.17, 15) is 0 Å². The van der Waals surface area contributed by atoms with Crippen LogP contribution in [0.3, 0.4) is 0 Å². The van der Waals surface area contributed by atoms with Gasteiger partial charge in [-0.25, -0.2) is 0 Å². The van der Waals surface area contributed by atoms with E-state index in [-0.39, 0.29) is 0 Å². The number of rotatable bonds is 0. The molecule has 0 atom stereocenters. The van der Waals surface area contributed by atoms with E-state index >= 15 is 0 Å². The zero-order valence-electron chi connectivity index (χ0n) is 12.8. The molecule has 1 N–H and O–H groups in total. The van der Waals surface area contributed by atoms with Crippen LogP contribution in [0, 0.1) is 5.41 Å². The topological polar surface area (TPSA) is 15.3 Å². The summed E-state index contributed by atoms with van der Waals surface area (Å²) in [5, 5.41) is 3.45. The fourth-order valence-electron chi connectivity index (χ4n) is 2.55. The largest absolute Gasteiger partial charge is 0.317 e. The number of hydrogen-bond donors (Lipinski definition) is 1. The van der Waals surface area contributed by atoms with Crippen LogP contribution in [-0.2, 0) is 0 Å². The molecule has 2 aliphatic rings. The maximum atomic E-state index is 3.45. The van der Waals surface area contributed by atoms with Gasteiger partial charge < -0.3 is 10.2 Å². The fraction of sp³-hybridized carbons (Fsp3) is 1.00. The van der Waals surface area contributed by atoms with E-state index in [1.807, 2.05) is 13.8 Å². The number of hydrogen-bond acceptors (Lipinski definition) is 2. The van der Waals surface area contributed by atoms with Crippen molar-refractivity contribution in [2.75, 3.05) is 33.2 Å². The molecule has 2 heteroatoms. The van der Waals surface area contributed by atoms with Gasteiger partial charge in [0, 0.05) is 0 Å². The lowest BCUT2D eigenvalue weighted by molar-refractivity contribution is 0.0876. The molecule has 2 fully saturated rings. The Hall–Kier alpha value is -0.0800. The van der Waals surface area contributed by atoms with Crippen molar-refractivity contribution >= 4 is 0 Å². The molecule has 0 aliphatic carbocycles. The van der Waals surface area contributed by atoms with Gasteiger partial charge in [0.15, 0.2) is 0 Å². The van der Waals surface area contributed by atoms with Gasteiger partial charge in [-0.1, -0.05) is 34.1 Å². The Morgan fingerprint density at radius 3 is 1.76 bits per heavy atom. The van der Waals surface area contributed by atoms with E-state index in [0.717, 1.165) is 5.41 Å². The Balaban J connectivity index is 0.000000450. The Kier molecular flexibility index (Phi) is 9.85. The van der Waals surface area contributed by atoms with Gasteiger partial charge in [-0.05, 0) is 64.3 Å². The summed E-state index contributed by atoms with van der Waals surface area (Å²) in [6.07, 6.45) is 6.96. The molecule has 2 rings (SSSR count). The molecule has 0 bridgehead atoms. The zero-order valence-corrected chi connectivity index (χ0v) is 12.8. The highest BCUT2D eigenvalue weighted by molar-refractivity contribution is 4.88. The summed E-state index contributed by atoms with van der Waals surface area (Å²) in [5.41, 5.74) is 0.734. The fourth-order valence-corrected chi connectivity index (χ4v) is 2.55. The van der Waals surface area contributed by atoms with E-state index in [1.54, 1.807) is 0 Å². The SMILES string of the molecule is CC.CCC.CN1CCC2(CCNCC2)CC1. The van der Waals surface area contributed by atoms with Crippen molar-refractivity contribution in [1.82, 2.24) is 10.2 Å². The molecule has 0 aromatic heterocycles. The maximum absolute atomic E-state index is 3.45. The van der Waals surface area contributed by atoms with Crippen molar-refractivity contribution < 1.29 is 0 Å². The van der Waals surface area contributed by atoms with Gasteiger partial charge in [0.05, 0.1) is 0 Å². The number of likely N-dealkylation sites (tertiary alicyclic amines) is 1. The van der Waals surface area contributed by atoms with Crippen LogP contribution in [0.15, 0.2) is 0 Å². The van der Waals surface area contributed by atoms with Crippen LogP contribution in [0.2, 0.25) is 0 Å². The second-order valence-electron chi connectivity index (χ2n) is 5.26. The predicted octanol–water partition coefficient (Wildman–Crippen LogP) is 3.52. The first-order valence-electron chi connectivity index (χ1n) is 7.62. The highest BCUT2D eigenvalue weighted by Crippen LogP contribution is 2.38. The summed E-state index contributed by atoms with van der Waals surface area (Å²) in [4.78, 5) is 2.47. The molecule has 2 saturated heterocycles. The van der Waals surface area contributed by atoms with E-state index in [1.165, 1.54) is 58.3 Å². The highest BCUT2D eigenvalue weighted by Gasteiger charge is 2.34. The predicted molar refractivity (Wildman–Crippen MR) is 78.6 cm³/mol. The first-order chi connectivity index (χ1) is 8.22. The number of piperidine rings is 2. The monoisotopic (exact) mass is 242 g/mol. The second-order valence-corrected chi connectivity index (χ2v) is 5.26.